The van der Waals surface area contributed by atoms with Crippen molar-refractivity contribution in [3.63, 3.8) is 0 Å². The van der Waals surface area contributed by atoms with Crippen LogP contribution in [0.4, 0.5) is 0 Å². The maximum atomic E-state index is 6.26. The third-order valence-electron chi connectivity index (χ3n) is 2.97. The minimum absolute atomic E-state index is 0.0778. The Hall–Kier alpha value is -1.69. The average Bonchev–Trinajstić information content (AvgIpc) is 2.93. The summed E-state index contributed by atoms with van der Waals surface area (Å²) in [4.78, 5) is 4.30. The van der Waals surface area contributed by atoms with Crippen LogP contribution in [-0.2, 0) is 18.9 Å². The van der Waals surface area contributed by atoms with Crippen molar-refractivity contribution in [3.05, 3.63) is 29.2 Å². The highest BCUT2D eigenvalue weighted by atomic mass is 16.5. The minimum atomic E-state index is -0.410. The molecule has 0 aliphatic rings. The summed E-state index contributed by atoms with van der Waals surface area (Å²) in [5.74, 6) is 1.11. The third kappa shape index (κ3) is 2.68. The Morgan fingerprint density at radius 1 is 1.42 bits per heavy atom. The Kier molecular flexibility index (Phi) is 3.45. The third-order valence-corrected chi connectivity index (χ3v) is 2.97. The van der Waals surface area contributed by atoms with Crippen molar-refractivity contribution in [2.24, 2.45) is 12.8 Å². The van der Waals surface area contributed by atoms with Crippen LogP contribution in [-0.4, -0.2) is 19.9 Å². The van der Waals surface area contributed by atoms with E-state index in [9.17, 15) is 0 Å². The van der Waals surface area contributed by atoms with E-state index in [2.05, 4.69) is 36.0 Å². The van der Waals surface area contributed by atoms with Gasteiger partial charge in [-0.05, 0) is 0 Å². The van der Waals surface area contributed by atoms with Gasteiger partial charge in [-0.25, -0.2) is 0 Å². The van der Waals surface area contributed by atoms with Crippen LogP contribution < -0.4 is 5.73 Å². The molecule has 6 nitrogen and oxygen atoms in total. The van der Waals surface area contributed by atoms with Gasteiger partial charge in [-0.2, -0.15) is 10.1 Å². The Morgan fingerprint density at radius 2 is 2.11 bits per heavy atom. The normalized spacial score (nSPS) is 13.8. The number of rotatable bonds is 3. The number of hydrogen-bond acceptors (Lipinski definition) is 5. The summed E-state index contributed by atoms with van der Waals surface area (Å²) < 4.78 is 6.89. The van der Waals surface area contributed by atoms with Crippen LogP contribution >= 0.6 is 0 Å². The van der Waals surface area contributed by atoms with Gasteiger partial charge in [0, 0.05) is 30.6 Å². The first-order chi connectivity index (χ1) is 8.82. The molecule has 0 aromatic carbocycles. The number of nitrogens with zero attached hydrogens (tertiary/aromatic N) is 4. The largest absolute Gasteiger partial charge is 0.339 e. The molecule has 2 heterocycles. The second-order valence-electron chi connectivity index (χ2n) is 5.73. The van der Waals surface area contributed by atoms with Gasteiger partial charge < -0.3 is 10.3 Å². The second-order valence-corrected chi connectivity index (χ2v) is 5.73. The van der Waals surface area contributed by atoms with Gasteiger partial charge in [-0.3, -0.25) is 4.68 Å². The van der Waals surface area contributed by atoms with E-state index in [1.807, 2.05) is 20.2 Å². The Bertz CT molecular complexity index is 564. The Labute approximate surface area is 113 Å². The summed E-state index contributed by atoms with van der Waals surface area (Å²) in [7, 11) is 1.89. The maximum Gasteiger partial charge on any atom is 0.226 e. The van der Waals surface area contributed by atoms with E-state index in [1.54, 1.807) is 4.68 Å². The highest BCUT2D eigenvalue weighted by molar-refractivity contribution is 5.30. The van der Waals surface area contributed by atoms with Crippen molar-refractivity contribution in [2.75, 3.05) is 0 Å². The molecule has 2 aromatic heterocycles. The molecule has 104 valence electrons. The SMILES string of the molecule is CCc1nc(C(N)c2cn(C)nc2C(C)(C)C)no1. The number of nitrogens with two attached hydrogens (primary N) is 1. The van der Waals surface area contributed by atoms with Crippen molar-refractivity contribution in [1.82, 2.24) is 19.9 Å². The van der Waals surface area contributed by atoms with Gasteiger partial charge in [0.15, 0.2) is 5.82 Å². The summed E-state index contributed by atoms with van der Waals surface area (Å²) in [6.45, 7) is 8.30. The lowest BCUT2D eigenvalue weighted by atomic mass is 9.87. The summed E-state index contributed by atoms with van der Waals surface area (Å²) in [6.07, 6.45) is 2.63. The summed E-state index contributed by atoms with van der Waals surface area (Å²) in [5, 5.41) is 8.45. The van der Waals surface area contributed by atoms with Crippen molar-refractivity contribution < 1.29 is 4.52 Å². The topological polar surface area (TPSA) is 82.8 Å². The number of hydrogen-bond donors (Lipinski definition) is 1. The van der Waals surface area contributed by atoms with Crippen molar-refractivity contribution >= 4 is 0 Å². The molecule has 0 fully saturated rings. The molecule has 0 aliphatic carbocycles. The highest BCUT2D eigenvalue weighted by Crippen LogP contribution is 2.29. The van der Waals surface area contributed by atoms with Gasteiger partial charge >= 0.3 is 0 Å². The van der Waals surface area contributed by atoms with E-state index in [0.29, 0.717) is 18.1 Å². The smallest absolute Gasteiger partial charge is 0.226 e. The van der Waals surface area contributed by atoms with Crippen LogP contribution in [0.2, 0.25) is 0 Å². The molecule has 1 atom stereocenters. The van der Waals surface area contributed by atoms with Crippen molar-refractivity contribution in [2.45, 2.75) is 45.6 Å². The predicted molar refractivity (Wildman–Crippen MR) is 71.6 cm³/mol. The van der Waals surface area contributed by atoms with Gasteiger partial charge in [-0.1, -0.05) is 32.9 Å². The molecule has 1 unspecified atom stereocenters. The van der Waals surface area contributed by atoms with Gasteiger partial charge in [0.1, 0.15) is 0 Å². The fraction of sp³-hybridized carbons (Fsp3) is 0.615. The van der Waals surface area contributed by atoms with Crippen LogP contribution in [0.25, 0.3) is 0 Å². The quantitative estimate of drug-likeness (QED) is 0.911. The summed E-state index contributed by atoms with van der Waals surface area (Å²) >= 11 is 0. The first-order valence-corrected chi connectivity index (χ1v) is 6.45. The zero-order chi connectivity index (χ0) is 14.2. The molecule has 0 radical (unpaired) electrons. The van der Waals surface area contributed by atoms with E-state index in [0.717, 1.165) is 11.3 Å². The number of aryl methyl sites for hydroxylation is 2. The molecule has 2 rings (SSSR count). The average molecular weight is 263 g/mol. The van der Waals surface area contributed by atoms with E-state index in [4.69, 9.17) is 10.3 Å². The number of aromatic nitrogens is 4. The molecule has 6 heteroatoms. The van der Waals surface area contributed by atoms with Crippen molar-refractivity contribution in [1.29, 1.82) is 0 Å². The maximum absolute atomic E-state index is 6.26. The molecule has 0 saturated heterocycles. The lowest BCUT2D eigenvalue weighted by molar-refractivity contribution is 0.375. The molecule has 2 aromatic rings. The minimum Gasteiger partial charge on any atom is -0.339 e. The van der Waals surface area contributed by atoms with Crippen molar-refractivity contribution in [3.8, 4) is 0 Å². The van der Waals surface area contributed by atoms with Crippen LogP contribution in [0.5, 0.6) is 0 Å². The fourth-order valence-electron chi connectivity index (χ4n) is 1.99. The Morgan fingerprint density at radius 3 is 2.63 bits per heavy atom. The molecule has 0 aliphatic heterocycles. The summed E-state index contributed by atoms with van der Waals surface area (Å²) in [6, 6.07) is -0.410. The predicted octanol–water partition coefficient (Wildman–Crippen LogP) is 1.71. The van der Waals surface area contributed by atoms with Crippen LogP contribution in [0, 0.1) is 0 Å². The van der Waals surface area contributed by atoms with Gasteiger partial charge in [-0.15, -0.1) is 0 Å². The second kappa shape index (κ2) is 4.77. The van der Waals surface area contributed by atoms with E-state index < -0.39 is 6.04 Å². The van der Waals surface area contributed by atoms with Gasteiger partial charge in [0.05, 0.1) is 11.7 Å². The first kappa shape index (κ1) is 13.7. The first-order valence-electron chi connectivity index (χ1n) is 6.45. The molecule has 0 saturated carbocycles. The van der Waals surface area contributed by atoms with Crippen LogP contribution in [0.1, 0.15) is 56.7 Å². The molecule has 0 amide bonds. The molecule has 0 spiro atoms. The Balaban J connectivity index is 2.41. The van der Waals surface area contributed by atoms with E-state index in [1.165, 1.54) is 0 Å². The lowest BCUT2D eigenvalue weighted by Gasteiger charge is -2.19. The van der Waals surface area contributed by atoms with Crippen LogP contribution in [0.15, 0.2) is 10.7 Å². The molecular formula is C13H21N5O. The van der Waals surface area contributed by atoms with Crippen LogP contribution in [0.3, 0.4) is 0 Å². The standard InChI is InChI=1S/C13H21N5O/c1-6-9-15-12(17-19-9)10(14)8-7-18(5)16-11(8)13(2,3)4/h7,10H,6,14H2,1-5H3. The fourth-order valence-corrected chi connectivity index (χ4v) is 1.99. The zero-order valence-electron chi connectivity index (χ0n) is 12.1. The molecule has 19 heavy (non-hydrogen) atoms. The van der Waals surface area contributed by atoms with Gasteiger partial charge in [0.2, 0.25) is 5.89 Å². The summed E-state index contributed by atoms with van der Waals surface area (Å²) in [5.41, 5.74) is 8.09. The molecule has 2 N–H and O–H groups in total. The molecule has 0 bridgehead atoms. The highest BCUT2D eigenvalue weighted by Gasteiger charge is 2.27. The van der Waals surface area contributed by atoms with Gasteiger partial charge in [0.25, 0.3) is 0 Å². The zero-order valence-corrected chi connectivity index (χ0v) is 12.1. The monoisotopic (exact) mass is 263 g/mol. The molecular weight excluding hydrogens is 242 g/mol. The van der Waals surface area contributed by atoms with E-state index >= 15 is 0 Å². The van der Waals surface area contributed by atoms with E-state index in [-0.39, 0.29) is 5.41 Å². The lowest BCUT2D eigenvalue weighted by Crippen LogP contribution is -2.21.